The van der Waals surface area contributed by atoms with Crippen LogP contribution in [-0.2, 0) is 13.7 Å². The highest BCUT2D eigenvalue weighted by Gasteiger charge is 2.04. The van der Waals surface area contributed by atoms with Crippen molar-refractivity contribution in [2.75, 3.05) is 0 Å². The van der Waals surface area contributed by atoms with Gasteiger partial charge in [0, 0.05) is 24.2 Å². The predicted octanol–water partition coefficient (Wildman–Crippen LogP) is 1.38. The summed E-state index contributed by atoms with van der Waals surface area (Å²) in [5.74, 6) is 0.248. The molecule has 0 saturated heterocycles. The maximum atomic E-state index is 9.26. The normalized spacial score (nSPS) is 10.9. The van der Waals surface area contributed by atoms with E-state index in [0.29, 0.717) is 0 Å². The van der Waals surface area contributed by atoms with E-state index in [2.05, 4.69) is 0 Å². The number of hydrogen-bond acceptors (Lipinski definition) is 2. The standard InChI is InChI=1S/C10H11NO2/c1-11-8(6-12)4-7-2-3-9(13)5-10(7)11/h2-5,12-13H,6H2,1H3. The second kappa shape index (κ2) is 2.78. The Kier molecular flexibility index (Phi) is 1.74. The van der Waals surface area contributed by atoms with Crippen LogP contribution in [0.25, 0.3) is 10.9 Å². The third-order valence-corrected chi connectivity index (χ3v) is 2.29. The fraction of sp³-hybridized carbons (Fsp3) is 0.200. The van der Waals surface area contributed by atoms with E-state index >= 15 is 0 Å². The molecule has 3 heteroatoms. The van der Waals surface area contributed by atoms with Gasteiger partial charge in [0.05, 0.1) is 12.1 Å². The van der Waals surface area contributed by atoms with E-state index in [1.807, 2.05) is 23.7 Å². The first-order valence-corrected chi connectivity index (χ1v) is 4.10. The molecule has 0 unspecified atom stereocenters. The van der Waals surface area contributed by atoms with Crippen LogP contribution >= 0.6 is 0 Å². The zero-order valence-corrected chi connectivity index (χ0v) is 7.36. The van der Waals surface area contributed by atoms with Gasteiger partial charge in [-0.25, -0.2) is 0 Å². The molecule has 1 aromatic heterocycles. The van der Waals surface area contributed by atoms with Crippen molar-refractivity contribution in [1.29, 1.82) is 0 Å². The average Bonchev–Trinajstić information content (AvgIpc) is 2.44. The Labute approximate surface area is 75.9 Å². The summed E-state index contributed by atoms with van der Waals surface area (Å²) >= 11 is 0. The highest BCUT2D eigenvalue weighted by molar-refractivity contribution is 5.82. The molecule has 0 saturated carbocycles. The maximum absolute atomic E-state index is 9.26. The van der Waals surface area contributed by atoms with Crippen molar-refractivity contribution >= 4 is 10.9 Å². The molecule has 0 aliphatic carbocycles. The minimum absolute atomic E-state index is 0.0198. The van der Waals surface area contributed by atoms with Gasteiger partial charge in [0.1, 0.15) is 5.75 Å². The maximum Gasteiger partial charge on any atom is 0.117 e. The van der Waals surface area contributed by atoms with E-state index in [9.17, 15) is 5.11 Å². The van der Waals surface area contributed by atoms with Gasteiger partial charge in [-0.2, -0.15) is 0 Å². The molecule has 68 valence electrons. The summed E-state index contributed by atoms with van der Waals surface area (Å²) in [6, 6.07) is 7.08. The molecule has 0 bridgehead atoms. The summed E-state index contributed by atoms with van der Waals surface area (Å²) in [7, 11) is 1.87. The molecular formula is C10H11NO2. The summed E-state index contributed by atoms with van der Waals surface area (Å²) < 4.78 is 1.87. The molecule has 0 aliphatic heterocycles. The van der Waals surface area contributed by atoms with Crippen LogP contribution in [-0.4, -0.2) is 14.8 Å². The molecule has 1 aromatic carbocycles. The van der Waals surface area contributed by atoms with Gasteiger partial charge >= 0.3 is 0 Å². The zero-order valence-electron chi connectivity index (χ0n) is 7.36. The third-order valence-electron chi connectivity index (χ3n) is 2.29. The molecule has 0 amide bonds. The summed E-state index contributed by atoms with van der Waals surface area (Å²) in [6.07, 6.45) is 0. The molecule has 13 heavy (non-hydrogen) atoms. The molecule has 0 atom stereocenters. The number of aliphatic hydroxyl groups excluding tert-OH is 1. The third kappa shape index (κ3) is 1.17. The minimum atomic E-state index is 0.0198. The number of nitrogens with zero attached hydrogens (tertiary/aromatic N) is 1. The number of aliphatic hydroxyl groups is 1. The minimum Gasteiger partial charge on any atom is -0.508 e. The molecule has 1 heterocycles. The van der Waals surface area contributed by atoms with Crippen LogP contribution in [0.15, 0.2) is 24.3 Å². The van der Waals surface area contributed by atoms with Gasteiger partial charge in [-0.05, 0) is 18.2 Å². The molecule has 2 rings (SSSR count). The molecule has 0 aliphatic rings. The molecule has 2 aromatic rings. The highest BCUT2D eigenvalue weighted by Crippen LogP contribution is 2.22. The number of aromatic hydroxyl groups is 1. The topological polar surface area (TPSA) is 45.4 Å². The van der Waals surface area contributed by atoms with E-state index in [-0.39, 0.29) is 12.4 Å². The lowest BCUT2D eigenvalue weighted by molar-refractivity contribution is 0.273. The second-order valence-electron chi connectivity index (χ2n) is 3.10. The Morgan fingerprint density at radius 2 is 2.08 bits per heavy atom. The fourth-order valence-corrected chi connectivity index (χ4v) is 1.53. The number of aryl methyl sites for hydroxylation is 1. The average molecular weight is 177 g/mol. The van der Waals surface area contributed by atoms with Crippen molar-refractivity contribution in [3.8, 4) is 5.75 Å². The lowest BCUT2D eigenvalue weighted by atomic mass is 10.2. The van der Waals surface area contributed by atoms with Crippen molar-refractivity contribution in [1.82, 2.24) is 4.57 Å². The van der Waals surface area contributed by atoms with Crippen LogP contribution in [0.2, 0.25) is 0 Å². The quantitative estimate of drug-likeness (QED) is 0.691. The van der Waals surface area contributed by atoms with E-state index < -0.39 is 0 Å². The second-order valence-corrected chi connectivity index (χ2v) is 3.10. The smallest absolute Gasteiger partial charge is 0.117 e. The monoisotopic (exact) mass is 177 g/mol. The van der Waals surface area contributed by atoms with Gasteiger partial charge in [-0.1, -0.05) is 0 Å². The Balaban J connectivity index is 2.77. The lowest BCUT2D eigenvalue weighted by Crippen LogP contribution is -1.94. The van der Waals surface area contributed by atoms with Gasteiger partial charge in [0.2, 0.25) is 0 Å². The number of rotatable bonds is 1. The van der Waals surface area contributed by atoms with Crippen molar-refractivity contribution in [3.05, 3.63) is 30.0 Å². The Hall–Kier alpha value is -1.48. The van der Waals surface area contributed by atoms with Gasteiger partial charge in [0.25, 0.3) is 0 Å². The van der Waals surface area contributed by atoms with E-state index in [1.165, 1.54) is 0 Å². The number of phenols is 1. The number of aromatic nitrogens is 1. The van der Waals surface area contributed by atoms with Gasteiger partial charge < -0.3 is 14.8 Å². The van der Waals surface area contributed by atoms with E-state index in [4.69, 9.17) is 5.11 Å². The molecular weight excluding hydrogens is 166 g/mol. The number of hydrogen-bond donors (Lipinski definition) is 2. The van der Waals surface area contributed by atoms with Crippen LogP contribution in [0.1, 0.15) is 5.69 Å². The van der Waals surface area contributed by atoms with Crippen LogP contribution in [0.5, 0.6) is 5.75 Å². The lowest BCUT2D eigenvalue weighted by Gasteiger charge is -2.00. The Morgan fingerprint density at radius 3 is 2.77 bits per heavy atom. The van der Waals surface area contributed by atoms with Crippen LogP contribution in [0.3, 0.4) is 0 Å². The fourth-order valence-electron chi connectivity index (χ4n) is 1.53. The van der Waals surface area contributed by atoms with Gasteiger partial charge in [0.15, 0.2) is 0 Å². The molecule has 0 fully saturated rings. The van der Waals surface area contributed by atoms with Crippen LogP contribution < -0.4 is 0 Å². The molecule has 0 spiro atoms. The number of benzene rings is 1. The predicted molar refractivity (Wildman–Crippen MR) is 50.5 cm³/mol. The largest absolute Gasteiger partial charge is 0.508 e. The van der Waals surface area contributed by atoms with Crippen LogP contribution in [0.4, 0.5) is 0 Å². The van der Waals surface area contributed by atoms with Crippen molar-refractivity contribution < 1.29 is 10.2 Å². The number of fused-ring (bicyclic) bond motifs is 1. The highest BCUT2D eigenvalue weighted by atomic mass is 16.3. The first-order valence-electron chi connectivity index (χ1n) is 4.10. The molecule has 2 N–H and O–H groups in total. The van der Waals surface area contributed by atoms with Crippen molar-refractivity contribution in [3.63, 3.8) is 0 Å². The number of phenolic OH excluding ortho intramolecular Hbond substituents is 1. The first-order chi connectivity index (χ1) is 6.22. The molecule has 3 nitrogen and oxygen atoms in total. The van der Waals surface area contributed by atoms with E-state index in [0.717, 1.165) is 16.6 Å². The first kappa shape index (κ1) is 8.13. The van der Waals surface area contributed by atoms with Crippen molar-refractivity contribution in [2.45, 2.75) is 6.61 Å². The Morgan fingerprint density at radius 1 is 1.31 bits per heavy atom. The Bertz CT molecular complexity index is 445. The summed E-state index contributed by atoms with van der Waals surface area (Å²) in [6.45, 7) is 0.0198. The zero-order chi connectivity index (χ0) is 9.42. The van der Waals surface area contributed by atoms with Gasteiger partial charge in [-0.3, -0.25) is 0 Å². The molecule has 0 radical (unpaired) electrons. The summed E-state index contributed by atoms with van der Waals surface area (Å²) in [4.78, 5) is 0. The van der Waals surface area contributed by atoms with Crippen molar-refractivity contribution in [2.24, 2.45) is 7.05 Å². The van der Waals surface area contributed by atoms with Crippen LogP contribution in [0, 0.1) is 0 Å². The SMILES string of the molecule is Cn1c(CO)cc2ccc(O)cc21. The van der Waals surface area contributed by atoms with Gasteiger partial charge in [-0.15, -0.1) is 0 Å². The van der Waals surface area contributed by atoms with E-state index in [1.54, 1.807) is 12.1 Å². The summed E-state index contributed by atoms with van der Waals surface area (Å²) in [5, 5.41) is 19.3. The summed E-state index contributed by atoms with van der Waals surface area (Å²) in [5.41, 5.74) is 1.78.